The Balaban J connectivity index is 1.35. The number of halogens is 1. The van der Waals surface area contributed by atoms with Gasteiger partial charge in [0, 0.05) is 43.7 Å². The minimum atomic E-state index is -0.514. The van der Waals surface area contributed by atoms with Gasteiger partial charge in [0.2, 0.25) is 11.8 Å². The lowest BCUT2D eigenvalue weighted by molar-refractivity contribution is -0.117. The summed E-state index contributed by atoms with van der Waals surface area (Å²) in [6.45, 7) is 1.79. The highest BCUT2D eigenvalue weighted by molar-refractivity contribution is 7.14. The van der Waals surface area contributed by atoms with E-state index in [4.69, 9.17) is 0 Å². The maximum absolute atomic E-state index is 14.2. The van der Waals surface area contributed by atoms with Crippen LogP contribution in [0.1, 0.15) is 18.3 Å². The van der Waals surface area contributed by atoms with Gasteiger partial charge in [-0.3, -0.25) is 14.5 Å². The molecule has 2 amide bonds. The van der Waals surface area contributed by atoms with Gasteiger partial charge in [-0.05, 0) is 30.3 Å². The normalized spacial score (nSPS) is 11.2. The number of amides is 2. The van der Waals surface area contributed by atoms with Crippen molar-refractivity contribution in [2.45, 2.75) is 13.3 Å². The molecule has 0 saturated heterocycles. The van der Waals surface area contributed by atoms with Crippen molar-refractivity contribution >= 4 is 45.7 Å². The van der Waals surface area contributed by atoms with Crippen LogP contribution in [-0.4, -0.2) is 32.7 Å². The Morgan fingerprint density at radius 3 is 2.78 bits per heavy atom. The smallest absolute Gasteiger partial charge is 0.244 e. The SMILES string of the molecule is CC(=O)N(c1nc(/C=C/C(=O)NCCc2cn3ccccc3n2)cs1)c1ccccc1F. The highest BCUT2D eigenvalue weighted by Crippen LogP contribution is 2.30. The molecule has 1 N–H and O–H groups in total. The number of imidazole rings is 1. The van der Waals surface area contributed by atoms with Gasteiger partial charge < -0.3 is 9.72 Å². The van der Waals surface area contributed by atoms with Crippen molar-refractivity contribution in [1.29, 1.82) is 0 Å². The highest BCUT2D eigenvalue weighted by Gasteiger charge is 2.20. The van der Waals surface area contributed by atoms with E-state index in [1.54, 1.807) is 23.6 Å². The minimum Gasteiger partial charge on any atom is -0.352 e. The van der Waals surface area contributed by atoms with Crippen LogP contribution in [-0.2, 0) is 16.0 Å². The molecule has 3 heterocycles. The molecule has 0 aliphatic carbocycles. The van der Waals surface area contributed by atoms with Crippen molar-refractivity contribution in [2.24, 2.45) is 0 Å². The predicted molar refractivity (Wildman–Crippen MR) is 122 cm³/mol. The van der Waals surface area contributed by atoms with Gasteiger partial charge in [-0.15, -0.1) is 11.3 Å². The van der Waals surface area contributed by atoms with Gasteiger partial charge in [0.25, 0.3) is 0 Å². The van der Waals surface area contributed by atoms with Crippen LogP contribution in [0.2, 0.25) is 0 Å². The van der Waals surface area contributed by atoms with Crippen LogP contribution in [0.4, 0.5) is 15.2 Å². The van der Waals surface area contributed by atoms with E-state index in [9.17, 15) is 14.0 Å². The minimum absolute atomic E-state index is 0.134. The molecule has 0 aliphatic heterocycles. The molecule has 4 rings (SSSR count). The third-order valence-electron chi connectivity index (χ3n) is 4.61. The van der Waals surface area contributed by atoms with E-state index in [0.717, 1.165) is 11.3 Å². The van der Waals surface area contributed by atoms with Crippen LogP contribution in [0.5, 0.6) is 0 Å². The average molecular weight is 450 g/mol. The van der Waals surface area contributed by atoms with Gasteiger partial charge >= 0.3 is 0 Å². The van der Waals surface area contributed by atoms with E-state index in [2.05, 4.69) is 15.3 Å². The van der Waals surface area contributed by atoms with E-state index < -0.39 is 5.82 Å². The monoisotopic (exact) mass is 449 g/mol. The second kappa shape index (κ2) is 9.52. The molecular weight excluding hydrogens is 429 g/mol. The summed E-state index contributed by atoms with van der Waals surface area (Å²) in [5.74, 6) is -1.13. The van der Waals surface area contributed by atoms with Crippen LogP contribution in [0.15, 0.2) is 66.3 Å². The van der Waals surface area contributed by atoms with Crippen LogP contribution in [0.3, 0.4) is 0 Å². The molecule has 0 bridgehead atoms. The molecule has 0 radical (unpaired) electrons. The van der Waals surface area contributed by atoms with Gasteiger partial charge in [-0.2, -0.15) is 0 Å². The molecule has 0 spiro atoms. The summed E-state index contributed by atoms with van der Waals surface area (Å²) in [5.41, 5.74) is 2.39. The van der Waals surface area contributed by atoms with Gasteiger partial charge in [0.15, 0.2) is 5.13 Å². The fraction of sp³-hybridized carbons (Fsp3) is 0.130. The first-order valence-electron chi connectivity index (χ1n) is 9.90. The Kier molecular flexibility index (Phi) is 6.37. The molecule has 0 fully saturated rings. The zero-order chi connectivity index (χ0) is 22.5. The van der Waals surface area contributed by atoms with Gasteiger partial charge in [0.05, 0.1) is 17.1 Å². The van der Waals surface area contributed by atoms with Crippen molar-refractivity contribution in [3.63, 3.8) is 0 Å². The highest BCUT2D eigenvalue weighted by atomic mass is 32.1. The summed E-state index contributed by atoms with van der Waals surface area (Å²) in [7, 11) is 0. The maximum atomic E-state index is 14.2. The molecule has 0 atom stereocenters. The number of hydrogen-bond acceptors (Lipinski definition) is 5. The Morgan fingerprint density at radius 1 is 1.19 bits per heavy atom. The summed E-state index contributed by atoms with van der Waals surface area (Å²) in [6.07, 6.45) is 7.40. The standard InChI is InChI=1S/C23H20FN5O2S/c1-16(30)29(20-7-3-2-6-19(20)24)23-27-18(15-32-23)9-10-22(31)25-12-11-17-14-28-13-5-4-8-21(28)26-17/h2-10,13-15H,11-12H2,1H3,(H,25,31)/b10-9+. The number of carbonyl (C=O) groups is 2. The molecule has 4 aromatic rings. The van der Waals surface area contributed by atoms with Gasteiger partial charge in [-0.25, -0.2) is 14.4 Å². The molecule has 162 valence electrons. The summed E-state index contributed by atoms with van der Waals surface area (Å²) in [6, 6.07) is 11.8. The lowest BCUT2D eigenvalue weighted by Crippen LogP contribution is -2.23. The molecule has 0 saturated carbocycles. The fourth-order valence-corrected chi connectivity index (χ4v) is 3.99. The van der Waals surface area contributed by atoms with E-state index in [0.29, 0.717) is 23.8 Å². The number of rotatable bonds is 7. The molecular formula is C23H20FN5O2S. The number of para-hydroxylation sites is 1. The molecule has 9 heteroatoms. The van der Waals surface area contributed by atoms with Crippen LogP contribution in [0, 0.1) is 5.82 Å². The molecule has 7 nitrogen and oxygen atoms in total. The summed E-state index contributed by atoms with van der Waals surface area (Å²) >= 11 is 1.19. The largest absolute Gasteiger partial charge is 0.352 e. The van der Waals surface area contributed by atoms with Crippen LogP contribution < -0.4 is 10.2 Å². The maximum Gasteiger partial charge on any atom is 0.244 e. The van der Waals surface area contributed by atoms with E-state index >= 15 is 0 Å². The molecule has 1 aromatic carbocycles. The Bertz CT molecular complexity index is 1260. The number of nitrogens with one attached hydrogen (secondary N) is 1. The van der Waals surface area contributed by atoms with Crippen molar-refractivity contribution in [1.82, 2.24) is 19.7 Å². The lowest BCUT2D eigenvalue weighted by Gasteiger charge is -2.18. The van der Waals surface area contributed by atoms with Gasteiger partial charge in [0.1, 0.15) is 11.5 Å². The quantitative estimate of drug-likeness (QED) is 0.433. The Morgan fingerprint density at radius 2 is 2.00 bits per heavy atom. The number of nitrogens with zero attached hydrogens (tertiary/aromatic N) is 4. The van der Waals surface area contributed by atoms with E-state index in [1.807, 2.05) is 35.0 Å². The molecule has 32 heavy (non-hydrogen) atoms. The number of thiazole rings is 1. The third-order valence-corrected chi connectivity index (χ3v) is 5.45. The fourth-order valence-electron chi connectivity index (χ4n) is 3.14. The first kappa shape index (κ1) is 21.4. The summed E-state index contributed by atoms with van der Waals surface area (Å²) < 4.78 is 16.1. The molecule has 0 unspecified atom stereocenters. The van der Waals surface area contributed by atoms with Crippen LogP contribution >= 0.6 is 11.3 Å². The molecule has 3 aromatic heterocycles. The number of anilines is 2. The number of hydrogen-bond donors (Lipinski definition) is 1. The topological polar surface area (TPSA) is 79.6 Å². The first-order chi connectivity index (χ1) is 15.5. The van der Waals surface area contributed by atoms with Crippen LogP contribution in [0.25, 0.3) is 11.7 Å². The number of aromatic nitrogens is 3. The van der Waals surface area contributed by atoms with Crippen molar-refractivity contribution in [2.75, 3.05) is 11.4 Å². The van der Waals surface area contributed by atoms with Crippen molar-refractivity contribution in [3.8, 4) is 0 Å². The first-order valence-corrected chi connectivity index (χ1v) is 10.8. The average Bonchev–Trinajstić information content (AvgIpc) is 3.40. The third kappa shape index (κ3) is 4.89. The predicted octanol–water partition coefficient (Wildman–Crippen LogP) is 3.99. The molecule has 0 aliphatic rings. The van der Waals surface area contributed by atoms with Crippen molar-refractivity contribution < 1.29 is 14.0 Å². The zero-order valence-electron chi connectivity index (χ0n) is 17.2. The second-order valence-electron chi connectivity index (χ2n) is 6.93. The van der Waals surface area contributed by atoms with E-state index in [-0.39, 0.29) is 17.5 Å². The second-order valence-corrected chi connectivity index (χ2v) is 7.77. The summed E-state index contributed by atoms with van der Waals surface area (Å²) in [5, 5.41) is 4.84. The number of carbonyl (C=O) groups excluding carboxylic acids is 2. The number of pyridine rings is 1. The summed E-state index contributed by atoms with van der Waals surface area (Å²) in [4.78, 5) is 34.3. The lowest BCUT2D eigenvalue weighted by atomic mass is 10.3. The Labute approximate surface area is 187 Å². The number of fused-ring (bicyclic) bond motifs is 1. The van der Waals surface area contributed by atoms with Gasteiger partial charge in [-0.1, -0.05) is 18.2 Å². The van der Waals surface area contributed by atoms with Crippen molar-refractivity contribution in [3.05, 3.63) is 83.5 Å². The van der Waals surface area contributed by atoms with E-state index in [1.165, 1.54) is 41.4 Å². The number of benzene rings is 1. The Hall–Kier alpha value is -3.85. The zero-order valence-corrected chi connectivity index (χ0v) is 18.1.